The Kier molecular flexibility index (Phi) is 6.37. The van der Waals surface area contributed by atoms with Crippen LogP contribution in [-0.2, 0) is 13.0 Å². The van der Waals surface area contributed by atoms with Gasteiger partial charge in [0, 0.05) is 17.1 Å². The Morgan fingerprint density at radius 1 is 1.28 bits per heavy atom. The van der Waals surface area contributed by atoms with Crippen molar-refractivity contribution in [1.29, 1.82) is 0 Å². The third-order valence-electron chi connectivity index (χ3n) is 3.31. The topological polar surface area (TPSA) is 73.1 Å². The molecule has 0 saturated heterocycles. The van der Waals surface area contributed by atoms with Crippen LogP contribution in [0, 0.1) is 5.82 Å². The summed E-state index contributed by atoms with van der Waals surface area (Å²) in [6, 6.07) is 9.79. The second-order valence-corrected chi connectivity index (χ2v) is 7.26. The molecule has 0 saturated carbocycles. The van der Waals surface area contributed by atoms with Crippen molar-refractivity contribution < 1.29 is 14.2 Å². The van der Waals surface area contributed by atoms with Crippen LogP contribution >= 0.6 is 23.1 Å². The van der Waals surface area contributed by atoms with Gasteiger partial charge in [0.1, 0.15) is 18.2 Å². The van der Waals surface area contributed by atoms with Gasteiger partial charge in [-0.3, -0.25) is 0 Å². The van der Waals surface area contributed by atoms with Crippen molar-refractivity contribution in [3.8, 4) is 5.75 Å². The molecule has 1 aromatic carbocycles. The number of hydrogen-bond donors (Lipinski definition) is 1. The quantitative estimate of drug-likeness (QED) is 0.576. The number of aromatic nitrogens is 4. The molecule has 0 bridgehead atoms. The molecular weight excluding hydrogens is 363 g/mol. The maximum Gasteiger partial charge on any atom is 0.209 e. The van der Waals surface area contributed by atoms with Crippen molar-refractivity contribution in [2.24, 2.45) is 0 Å². The summed E-state index contributed by atoms with van der Waals surface area (Å²) in [4.78, 5) is 1.28. The van der Waals surface area contributed by atoms with Crippen LogP contribution in [-0.4, -0.2) is 43.8 Å². The Morgan fingerprint density at radius 3 is 2.88 bits per heavy atom. The van der Waals surface area contributed by atoms with Gasteiger partial charge in [0.05, 0.1) is 12.6 Å². The average molecular weight is 380 g/mol. The summed E-state index contributed by atoms with van der Waals surface area (Å²) in [5.41, 5.74) is 0. The number of aliphatic hydroxyl groups is 1. The number of tetrazole rings is 1. The van der Waals surface area contributed by atoms with Gasteiger partial charge in [0.25, 0.3) is 0 Å². The maximum absolute atomic E-state index is 12.8. The fourth-order valence-corrected chi connectivity index (χ4v) is 3.56. The zero-order valence-electron chi connectivity index (χ0n) is 13.3. The Hall–Kier alpha value is -1.97. The highest BCUT2D eigenvalue weighted by molar-refractivity contribution is 7.99. The lowest BCUT2D eigenvalue weighted by Gasteiger charge is -2.11. The lowest BCUT2D eigenvalue weighted by atomic mass is 10.3. The van der Waals surface area contributed by atoms with Gasteiger partial charge < -0.3 is 9.84 Å². The molecule has 1 atom stereocenters. The summed E-state index contributed by atoms with van der Waals surface area (Å²) in [5.74, 6) is 0.602. The zero-order chi connectivity index (χ0) is 17.5. The first-order chi connectivity index (χ1) is 12.2. The monoisotopic (exact) mass is 380 g/mol. The van der Waals surface area contributed by atoms with Crippen LogP contribution in [0.15, 0.2) is 46.9 Å². The molecule has 2 aromatic heterocycles. The number of nitrogens with zero attached hydrogens (tertiary/aromatic N) is 4. The van der Waals surface area contributed by atoms with E-state index in [1.807, 2.05) is 11.4 Å². The highest BCUT2D eigenvalue weighted by atomic mass is 32.2. The number of benzene rings is 1. The zero-order valence-corrected chi connectivity index (χ0v) is 14.9. The van der Waals surface area contributed by atoms with Crippen LogP contribution in [0.3, 0.4) is 0 Å². The molecule has 0 aliphatic carbocycles. The predicted octanol–water partition coefficient (Wildman–Crippen LogP) is 2.65. The molecule has 9 heteroatoms. The summed E-state index contributed by atoms with van der Waals surface area (Å²) < 4.78 is 20.0. The van der Waals surface area contributed by atoms with Gasteiger partial charge in [0.15, 0.2) is 0 Å². The summed E-state index contributed by atoms with van der Waals surface area (Å²) in [6.45, 7) is 0.813. The van der Waals surface area contributed by atoms with Gasteiger partial charge in [-0.1, -0.05) is 17.8 Å². The third kappa shape index (κ3) is 5.52. The van der Waals surface area contributed by atoms with E-state index in [1.54, 1.807) is 16.0 Å². The SMILES string of the molecule is O[C@@H](COc1ccc(F)cc1)CSc1nnnn1CCc1cccs1. The van der Waals surface area contributed by atoms with Gasteiger partial charge in [-0.2, -0.15) is 0 Å². The number of ether oxygens (including phenoxy) is 1. The van der Waals surface area contributed by atoms with E-state index < -0.39 is 6.10 Å². The predicted molar refractivity (Wildman–Crippen MR) is 94.5 cm³/mol. The van der Waals surface area contributed by atoms with E-state index >= 15 is 0 Å². The highest BCUT2D eigenvalue weighted by Crippen LogP contribution is 2.17. The van der Waals surface area contributed by atoms with Crippen LogP contribution in [0.5, 0.6) is 5.75 Å². The summed E-state index contributed by atoms with van der Waals surface area (Å²) in [5, 5.41) is 24.4. The lowest BCUT2D eigenvalue weighted by molar-refractivity contribution is 0.126. The van der Waals surface area contributed by atoms with Crippen molar-refractivity contribution in [2.75, 3.05) is 12.4 Å². The van der Waals surface area contributed by atoms with E-state index in [9.17, 15) is 9.50 Å². The molecule has 3 rings (SSSR count). The number of aliphatic hydroxyl groups excluding tert-OH is 1. The van der Waals surface area contributed by atoms with E-state index in [2.05, 4.69) is 21.6 Å². The van der Waals surface area contributed by atoms with Crippen LogP contribution in [0.4, 0.5) is 4.39 Å². The molecule has 25 heavy (non-hydrogen) atoms. The first kappa shape index (κ1) is 17.8. The molecule has 0 spiro atoms. The van der Waals surface area contributed by atoms with E-state index in [-0.39, 0.29) is 12.4 Å². The van der Waals surface area contributed by atoms with Crippen LogP contribution in [0.2, 0.25) is 0 Å². The van der Waals surface area contributed by atoms with Crippen molar-refractivity contribution in [3.05, 3.63) is 52.5 Å². The van der Waals surface area contributed by atoms with E-state index in [0.717, 1.165) is 6.42 Å². The van der Waals surface area contributed by atoms with E-state index in [0.29, 0.717) is 23.2 Å². The van der Waals surface area contributed by atoms with Crippen molar-refractivity contribution in [2.45, 2.75) is 24.2 Å². The van der Waals surface area contributed by atoms with Gasteiger partial charge in [-0.05, 0) is 46.1 Å². The molecule has 0 radical (unpaired) electrons. The number of aryl methyl sites for hydroxylation is 2. The second-order valence-electron chi connectivity index (χ2n) is 5.24. The number of hydrogen-bond acceptors (Lipinski definition) is 7. The normalized spacial score (nSPS) is 12.2. The fraction of sp³-hybridized carbons (Fsp3) is 0.312. The Balaban J connectivity index is 1.43. The standard InChI is InChI=1S/C16H17FN4O2S2/c17-12-3-5-14(6-4-12)23-10-13(22)11-25-16-18-19-20-21(16)8-7-15-2-1-9-24-15/h1-6,9,13,22H,7-8,10-11H2/t13-/m0/s1. The molecule has 1 N–H and O–H groups in total. The molecule has 6 nitrogen and oxygen atoms in total. The largest absolute Gasteiger partial charge is 0.491 e. The van der Waals surface area contributed by atoms with Gasteiger partial charge in [0.2, 0.25) is 5.16 Å². The van der Waals surface area contributed by atoms with E-state index in [4.69, 9.17) is 4.74 Å². The Morgan fingerprint density at radius 2 is 2.12 bits per heavy atom. The molecule has 0 amide bonds. The van der Waals surface area contributed by atoms with E-state index in [1.165, 1.54) is 40.9 Å². The van der Waals surface area contributed by atoms with Crippen LogP contribution in [0.25, 0.3) is 0 Å². The first-order valence-electron chi connectivity index (χ1n) is 7.68. The molecule has 3 aromatic rings. The number of rotatable bonds is 9. The molecule has 0 fully saturated rings. The van der Waals surface area contributed by atoms with Gasteiger partial charge >= 0.3 is 0 Å². The fourth-order valence-electron chi connectivity index (χ4n) is 2.05. The Labute approximate surface area is 152 Å². The minimum absolute atomic E-state index is 0.120. The molecule has 0 aliphatic rings. The molecule has 132 valence electrons. The maximum atomic E-state index is 12.8. The third-order valence-corrected chi connectivity index (χ3v) is 5.35. The first-order valence-corrected chi connectivity index (χ1v) is 9.55. The van der Waals surface area contributed by atoms with Crippen molar-refractivity contribution in [1.82, 2.24) is 20.2 Å². The van der Waals surface area contributed by atoms with Crippen molar-refractivity contribution >= 4 is 23.1 Å². The van der Waals surface area contributed by atoms with Crippen molar-refractivity contribution in [3.63, 3.8) is 0 Å². The number of halogens is 1. The molecule has 0 unspecified atom stereocenters. The lowest BCUT2D eigenvalue weighted by Crippen LogP contribution is -2.20. The number of thioether (sulfide) groups is 1. The smallest absolute Gasteiger partial charge is 0.209 e. The van der Waals surface area contributed by atoms with Crippen LogP contribution < -0.4 is 4.74 Å². The minimum Gasteiger partial charge on any atom is -0.491 e. The summed E-state index contributed by atoms with van der Waals surface area (Å²) in [6.07, 6.45) is 0.185. The van der Waals surface area contributed by atoms with Crippen LogP contribution in [0.1, 0.15) is 4.88 Å². The van der Waals surface area contributed by atoms with Gasteiger partial charge in [-0.15, -0.1) is 16.4 Å². The summed E-state index contributed by atoms with van der Waals surface area (Å²) >= 11 is 3.08. The minimum atomic E-state index is -0.683. The molecule has 0 aliphatic heterocycles. The number of thiophene rings is 1. The van der Waals surface area contributed by atoms with Gasteiger partial charge in [-0.25, -0.2) is 9.07 Å². The second kappa shape index (κ2) is 8.93. The summed E-state index contributed by atoms with van der Waals surface area (Å²) in [7, 11) is 0. The average Bonchev–Trinajstić information content (AvgIpc) is 3.29. The molecule has 2 heterocycles. The Bertz CT molecular complexity index is 765. The highest BCUT2D eigenvalue weighted by Gasteiger charge is 2.12. The molecular formula is C16H17FN4O2S2.